The van der Waals surface area contributed by atoms with Gasteiger partial charge in [0.25, 0.3) is 0 Å². The van der Waals surface area contributed by atoms with Crippen LogP contribution in [0.15, 0.2) is 0 Å². The second kappa shape index (κ2) is 5.62. The molecular formula is C11H21F3. The molecule has 0 saturated heterocycles. The molecule has 0 aromatic heterocycles. The van der Waals surface area contributed by atoms with E-state index in [1.807, 2.05) is 27.7 Å². The van der Waals surface area contributed by atoms with Crippen molar-refractivity contribution in [2.45, 2.75) is 53.1 Å². The summed E-state index contributed by atoms with van der Waals surface area (Å²) in [6, 6.07) is 0. The summed E-state index contributed by atoms with van der Waals surface area (Å²) >= 11 is 0. The first-order valence-electron chi connectivity index (χ1n) is 5.48. The Labute approximate surface area is 84.9 Å². The molecule has 1 fully saturated rings. The standard InChI is InChI=1S/C9H15F3.C2H6/c1-6(2)7-3-4-8(5-7)9(10,11)12;1-2/h6-8H,3-5H2,1-2H3;1-2H3. The van der Waals surface area contributed by atoms with E-state index in [9.17, 15) is 13.2 Å². The van der Waals surface area contributed by atoms with E-state index in [1.165, 1.54) is 0 Å². The lowest BCUT2D eigenvalue weighted by Crippen LogP contribution is -2.20. The van der Waals surface area contributed by atoms with Gasteiger partial charge in [-0.1, -0.05) is 27.7 Å². The molecule has 0 aromatic rings. The maximum atomic E-state index is 12.2. The van der Waals surface area contributed by atoms with E-state index in [4.69, 9.17) is 0 Å². The van der Waals surface area contributed by atoms with Crippen molar-refractivity contribution < 1.29 is 13.2 Å². The quantitative estimate of drug-likeness (QED) is 0.591. The van der Waals surface area contributed by atoms with Crippen molar-refractivity contribution in [3.05, 3.63) is 0 Å². The number of hydrogen-bond acceptors (Lipinski definition) is 0. The fraction of sp³-hybridized carbons (Fsp3) is 1.00. The van der Waals surface area contributed by atoms with Crippen LogP contribution in [-0.2, 0) is 0 Å². The maximum Gasteiger partial charge on any atom is 0.391 e. The first-order chi connectivity index (χ1) is 6.41. The second-order valence-corrected chi connectivity index (χ2v) is 4.06. The van der Waals surface area contributed by atoms with E-state index in [0.29, 0.717) is 18.8 Å². The summed E-state index contributed by atoms with van der Waals surface area (Å²) in [6.45, 7) is 8.01. The summed E-state index contributed by atoms with van der Waals surface area (Å²) in [5, 5.41) is 0. The van der Waals surface area contributed by atoms with Crippen LogP contribution in [0.3, 0.4) is 0 Å². The average Bonchev–Trinajstić information content (AvgIpc) is 2.54. The highest BCUT2D eigenvalue weighted by molar-refractivity contribution is 4.81. The summed E-state index contributed by atoms with van der Waals surface area (Å²) in [4.78, 5) is 0. The Hall–Kier alpha value is -0.210. The third kappa shape index (κ3) is 3.89. The van der Waals surface area contributed by atoms with Crippen molar-refractivity contribution in [1.82, 2.24) is 0 Å². The largest absolute Gasteiger partial charge is 0.391 e. The first-order valence-corrected chi connectivity index (χ1v) is 5.48. The summed E-state index contributed by atoms with van der Waals surface area (Å²) in [5.74, 6) is -0.334. The third-order valence-corrected chi connectivity index (χ3v) is 2.88. The highest BCUT2D eigenvalue weighted by atomic mass is 19.4. The van der Waals surface area contributed by atoms with Gasteiger partial charge in [-0.25, -0.2) is 0 Å². The molecule has 0 radical (unpaired) electrons. The van der Waals surface area contributed by atoms with Crippen molar-refractivity contribution in [2.75, 3.05) is 0 Å². The zero-order valence-corrected chi connectivity index (χ0v) is 9.49. The Balaban J connectivity index is 0.000000791. The number of rotatable bonds is 1. The third-order valence-electron chi connectivity index (χ3n) is 2.88. The van der Waals surface area contributed by atoms with Gasteiger partial charge in [0.05, 0.1) is 5.92 Å². The number of alkyl halides is 3. The van der Waals surface area contributed by atoms with Crippen LogP contribution in [0.1, 0.15) is 47.0 Å². The van der Waals surface area contributed by atoms with E-state index in [1.54, 1.807) is 0 Å². The van der Waals surface area contributed by atoms with E-state index < -0.39 is 12.1 Å². The Bertz CT molecular complexity index is 149. The predicted molar refractivity (Wildman–Crippen MR) is 53.1 cm³/mol. The Morgan fingerprint density at radius 3 is 1.79 bits per heavy atom. The highest BCUT2D eigenvalue weighted by Crippen LogP contribution is 2.43. The van der Waals surface area contributed by atoms with Gasteiger partial charge in [0.2, 0.25) is 0 Å². The second-order valence-electron chi connectivity index (χ2n) is 4.06. The minimum absolute atomic E-state index is 0.289. The first kappa shape index (κ1) is 13.8. The molecule has 1 rings (SSSR count). The average molecular weight is 210 g/mol. The van der Waals surface area contributed by atoms with Crippen molar-refractivity contribution in [1.29, 1.82) is 0 Å². The van der Waals surface area contributed by atoms with E-state index in [-0.39, 0.29) is 5.92 Å². The van der Waals surface area contributed by atoms with E-state index in [2.05, 4.69) is 0 Å². The molecule has 0 aliphatic heterocycles. The maximum absolute atomic E-state index is 12.2. The summed E-state index contributed by atoms with van der Waals surface area (Å²) in [5.41, 5.74) is 0. The molecule has 2 unspecified atom stereocenters. The molecule has 1 aliphatic carbocycles. The predicted octanol–water partition coefficient (Wildman–Crippen LogP) is 4.65. The van der Waals surface area contributed by atoms with Gasteiger partial charge in [-0.05, 0) is 31.1 Å². The molecule has 0 aromatic carbocycles. The van der Waals surface area contributed by atoms with Gasteiger partial charge in [0.1, 0.15) is 0 Å². The van der Waals surface area contributed by atoms with Crippen LogP contribution < -0.4 is 0 Å². The summed E-state index contributed by atoms with van der Waals surface area (Å²) < 4.78 is 36.6. The molecule has 0 nitrogen and oxygen atoms in total. The normalized spacial score (nSPS) is 27.4. The molecule has 1 saturated carbocycles. The van der Waals surface area contributed by atoms with Crippen LogP contribution in [-0.4, -0.2) is 6.18 Å². The van der Waals surface area contributed by atoms with Gasteiger partial charge in [-0.2, -0.15) is 13.2 Å². The number of hydrogen-bond donors (Lipinski definition) is 0. The van der Waals surface area contributed by atoms with Gasteiger partial charge < -0.3 is 0 Å². The van der Waals surface area contributed by atoms with Crippen LogP contribution in [0.2, 0.25) is 0 Å². The zero-order chi connectivity index (χ0) is 11.4. The lowest BCUT2D eigenvalue weighted by molar-refractivity contribution is -0.173. The SMILES string of the molecule is CC.CC(C)C1CCC(C(F)(F)F)C1. The van der Waals surface area contributed by atoms with Gasteiger partial charge in [-0.15, -0.1) is 0 Å². The molecule has 0 heterocycles. The molecule has 14 heavy (non-hydrogen) atoms. The van der Waals surface area contributed by atoms with Crippen LogP contribution >= 0.6 is 0 Å². The van der Waals surface area contributed by atoms with E-state index >= 15 is 0 Å². The van der Waals surface area contributed by atoms with Crippen molar-refractivity contribution >= 4 is 0 Å². The monoisotopic (exact) mass is 210 g/mol. The van der Waals surface area contributed by atoms with Crippen LogP contribution in [0, 0.1) is 17.8 Å². The van der Waals surface area contributed by atoms with Crippen molar-refractivity contribution in [2.24, 2.45) is 17.8 Å². The smallest absolute Gasteiger partial charge is 0.171 e. The molecule has 0 N–H and O–H groups in total. The molecule has 2 atom stereocenters. The zero-order valence-electron chi connectivity index (χ0n) is 9.49. The Morgan fingerprint density at radius 1 is 1.07 bits per heavy atom. The van der Waals surface area contributed by atoms with Crippen molar-refractivity contribution in [3.63, 3.8) is 0 Å². The Kier molecular flexibility index (Phi) is 5.53. The van der Waals surface area contributed by atoms with Crippen LogP contribution in [0.4, 0.5) is 13.2 Å². The van der Waals surface area contributed by atoms with Gasteiger partial charge in [0.15, 0.2) is 0 Å². The van der Waals surface area contributed by atoms with Crippen LogP contribution in [0.5, 0.6) is 0 Å². The Morgan fingerprint density at radius 2 is 1.57 bits per heavy atom. The topological polar surface area (TPSA) is 0 Å². The highest BCUT2D eigenvalue weighted by Gasteiger charge is 2.44. The lowest BCUT2D eigenvalue weighted by atomic mass is 9.93. The molecule has 3 heteroatoms. The molecule has 0 amide bonds. The fourth-order valence-corrected chi connectivity index (χ4v) is 1.92. The van der Waals surface area contributed by atoms with Gasteiger partial charge >= 0.3 is 6.18 Å². The van der Waals surface area contributed by atoms with Gasteiger partial charge in [-0.3, -0.25) is 0 Å². The number of halogens is 3. The summed E-state index contributed by atoms with van der Waals surface area (Å²) in [7, 11) is 0. The van der Waals surface area contributed by atoms with E-state index in [0.717, 1.165) is 6.42 Å². The fourth-order valence-electron chi connectivity index (χ4n) is 1.92. The minimum Gasteiger partial charge on any atom is -0.171 e. The molecular weight excluding hydrogens is 189 g/mol. The molecule has 86 valence electrons. The van der Waals surface area contributed by atoms with Gasteiger partial charge in [0, 0.05) is 0 Å². The van der Waals surface area contributed by atoms with Crippen molar-refractivity contribution in [3.8, 4) is 0 Å². The lowest BCUT2D eigenvalue weighted by Gasteiger charge is -2.16. The summed E-state index contributed by atoms with van der Waals surface area (Å²) in [6.07, 6.45) is -2.51. The van der Waals surface area contributed by atoms with Crippen LogP contribution in [0.25, 0.3) is 0 Å². The molecule has 1 aliphatic rings. The molecule has 0 bridgehead atoms. The minimum atomic E-state index is -3.95. The molecule has 0 spiro atoms.